The van der Waals surface area contributed by atoms with E-state index in [0.717, 1.165) is 36.2 Å². The van der Waals surface area contributed by atoms with Crippen molar-refractivity contribution in [3.8, 4) is 5.75 Å². The Labute approximate surface area is 192 Å². The Hall–Kier alpha value is -1.83. The van der Waals surface area contributed by atoms with Crippen molar-refractivity contribution >= 4 is 34.1 Å². The number of thioether (sulfide) groups is 1. The fourth-order valence-corrected chi connectivity index (χ4v) is 6.21. The van der Waals surface area contributed by atoms with Gasteiger partial charge in [0.1, 0.15) is 5.75 Å². The third-order valence-corrected chi connectivity index (χ3v) is 8.54. The molecule has 0 saturated carbocycles. The lowest BCUT2D eigenvalue weighted by atomic mass is 9.76. The summed E-state index contributed by atoms with van der Waals surface area (Å²) in [6.07, 6.45) is 6.04. The number of benzene rings is 1. The molecular weight excluding hydrogens is 426 g/mol. The summed E-state index contributed by atoms with van der Waals surface area (Å²) in [5.74, 6) is 1.92. The highest BCUT2D eigenvalue weighted by atomic mass is 32.2. The van der Waals surface area contributed by atoms with Crippen LogP contribution in [0, 0.1) is 5.41 Å². The number of hydrogen-bond acceptors (Lipinski definition) is 6. The van der Waals surface area contributed by atoms with Crippen LogP contribution in [0.3, 0.4) is 0 Å². The molecule has 4 rings (SSSR count). The fourth-order valence-electron chi connectivity index (χ4n) is 4.35. The van der Waals surface area contributed by atoms with Crippen molar-refractivity contribution in [2.75, 3.05) is 32.5 Å². The van der Waals surface area contributed by atoms with Gasteiger partial charge in [0.05, 0.1) is 28.5 Å². The molecule has 3 aromatic rings. The zero-order valence-corrected chi connectivity index (χ0v) is 20.0. The van der Waals surface area contributed by atoms with Crippen LogP contribution in [0.2, 0.25) is 0 Å². The summed E-state index contributed by atoms with van der Waals surface area (Å²) in [6.45, 7) is 6.66. The quantitative estimate of drug-likeness (QED) is 0.416. The second-order valence-corrected chi connectivity index (χ2v) is 11.0. The summed E-state index contributed by atoms with van der Waals surface area (Å²) in [4.78, 5) is 19.4. The number of nitrogens with zero attached hydrogens (tertiary/aromatic N) is 3. The van der Waals surface area contributed by atoms with Crippen molar-refractivity contribution < 1.29 is 4.74 Å². The van der Waals surface area contributed by atoms with Crippen molar-refractivity contribution in [2.24, 2.45) is 5.41 Å². The van der Waals surface area contributed by atoms with E-state index in [1.165, 1.54) is 48.6 Å². The molecule has 166 valence electrons. The average molecular weight is 458 g/mol. The molecule has 1 aliphatic heterocycles. The second kappa shape index (κ2) is 10.2. The Balaban J connectivity index is 1.28. The lowest BCUT2D eigenvalue weighted by Gasteiger charge is -2.39. The summed E-state index contributed by atoms with van der Waals surface area (Å²) in [7, 11) is 1.65. The molecule has 0 bridgehead atoms. The summed E-state index contributed by atoms with van der Waals surface area (Å²) < 4.78 is 8.61. The van der Waals surface area contributed by atoms with Gasteiger partial charge < -0.3 is 14.2 Å². The van der Waals surface area contributed by atoms with Crippen molar-refractivity contribution in [1.82, 2.24) is 14.5 Å². The Morgan fingerprint density at radius 1 is 1.23 bits per heavy atom. The van der Waals surface area contributed by atoms with Crippen LogP contribution < -0.4 is 10.3 Å². The van der Waals surface area contributed by atoms with Gasteiger partial charge in [-0.25, -0.2) is 4.98 Å². The predicted octanol–water partition coefficient (Wildman–Crippen LogP) is 5.14. The van der Waals surface area contributed by atoms with Crippen LogP contribution in [-0.4, -0.2) is 46.9 Å². The summed E-state index contributed by atoms with van der Waals surface area (Å²) in [6, 6.07) is 10.0. The molecule has 31 heavy (non-hydrogen) atoms. The molecule has 1 aromatic carbocycles. The minimum absolute atomic E-state index is 0.0380. The van der Waals surface area contributed by atoms with Gasteiger partial charge in [0.25, 0.3) is 5.56 Å². The molecule has 7 heteroatoms. The zero-order chi connectivity index (χ0) is 21.7. The van der Waals surface area contributed by atoms with Crippen molar-refractivity contribution in [3.05, 3.63) is 52.3 Å². The molecule has 0 atom stereocenters. The first-order chi connectivity index (χ1) is 15.1. The number of fused-ring (bicyclic) bond motifs is 1. The number of hydrogen-bond donors (Lipinski definition) is 0. The minimum atomic E-state index is -0.0380. The fraction of sp³-hybridized carbons (Fsp3) is 0.500. The van der Waals surface area contributed by atoms with Crippen molar-refractivity contribution in [1.29, 1.82) is 0 Å². The molecule has 0 spiro atoms. The van der Waals surface area contributed by atoms with Gasteiger partial charge in [-0.2, -0.15) is 0 Å². The van der Waals surface area contributed by atoms with E-state index in [0.29, 0.717) is 5.41 Å². The van der Waals surface area contributed by atoms with E-state index in [4.69, 9.17) is 4.74 Å². The van der Waals surface area contributed by atoms with Gasteiger partial charge >= 0.3 is 0 Å². The number of aromatic nitrogens is 2. The van der Waals surface area contributed by atoms with Gasteiger partial charge in [0.15, 0.2) is 0 Å². The van der Waals surface area contributed by atoms with Crippen LogP contribution >= 0.6 is 23.1 Å². The first-order valence-electron chi connectivity index (χ1n) is 11.0. The number of aryl methyl sites for hydroxylation is 1. The van der Waals surface area contributed by atoms with Gasteiger partial charge in [-0.05, 0) is 67.8 Å². The molecule has 5 nitrogen and oxygen atoms in total. The molecule has 1 saturated heterocycles. The third kappa shape index (κ3) is 5.70. The molecule has 0 unspecified atom stereocenters. The van der Waals surface area contributed by atoms with E-state index in [9.17, 15) is 4.79 Å². The lowest BCUT2D eigenvalue weighted by molar-refractivity contribution is 0.112. The molecular formula is C24H31N3O2S2. The molecule has 1 fully saturated rings. The van der Waals surface area contributed by atoms with Crippen LogP contribution in [0.5, 0.6) is 5.75 Å². The zero-order valence-electron chi connectivity index (χ0n) is 18.4. The van der Waals surface area contributed by atoms with Gasteiger partial charge in [0, 0.05) is 24.9 Å². The third-order valence-electron chi connectivity index (χ3n) is 6.43. The van der Waals surface area contributed by atoms with Crippen LogP contribution in [0.4, 0.5) is 0 Å². The monoisotopic (exact) mass is 457 g/mol. The molecule has 2 aromatic heterocycles. The second-order valence-electron chi connectivity index (χ2n) is 8.64. The van der Waals surface area contributed by atoms with Gasteiger partial charge in [-0.1, -0.05) is 13.0 Å². The molecule has 3 heterocycles. The van der Waals surface area contributed by atoms with Crippen LogP contribution in [0.15, 0.2) is 50.9 Å². The molecule has 0 N–H and O–H groups in total. The molecule has 0 radical (unpaired) electrons. The highest BCUT2D eigenvalue weighted by molar-refractivity contribution is 8.01. The van der Waals surface area contributed by atoms with Crippen LogP contribution in [0.1, 0.15) is 32.6 Å². The molecule has 1 aliphatic rings. The number of piperidine rings is 1. The molecule has 0 amide bonds. The number of likely N-dealkylation sites (tertiary alicyclic amines) is 1. The maximum Gasteiger partial charge on any atom is 0.269 e. The minimum Gasteiger partial charge on any atom is -0.497 e. The highest BCUT2D eigenvalue weighted by Crippen LogP contribution is 2.36. The van der Waals surface area contributed by atoms with Gasteiger partial charge in [0.2, 0.25) is 0 Å². The van der Waals surface area contributed by atoms with E-state index < -0.39 is 0 Å². The predicted molar refractivity (Wildman–Crippen MR) is 131 cm³/mol. The summed E-state index contributed by atoms with van der Waals surface area (Å²) >= 11 is 3.80. The average Bonchev–Trinajstić information content (AvgIpc) is 3.30. The van der Waals surface area contributed by atoms with E-state index >= 15 is 0 Å². The Morgan fingerprint density at radius 3 is 2.81 bits per heavy atom. The number of rotatable bonds is 9. The first-order valence-corrected chi connectivity index (χ1v) is 12.9. The van der Waals surface area contributed by atoms with E-state index in [-0.39, 0.29) is 5.56 Å². The number of ether oxygens (including phenoxy) is 1. The van der Waals surface area contributed by atoms with Crippen molar-refractivity contribution in [3.63, 3.8) is 0 Å². The van der Waals surface area contributed by atoms with Crippen LogP contribution in [0.25, 0.3) is 11.0 Å². The van der Waals surface area contributed by atoms with E-state index in [2.05, 4.69) is 34.3 Å². The topological polar surface area (TPSA) is 47.4 Å². The molecule has 0 aliphatic carbocycles. The Kier molecular flexibility index (Phi) is 7.35. The standard InChI is InChI=1S/C24H31N3O2S2/c1-24(9-12-26(13-10-24)14-16-31-23-5-3-15-30-23)8-4-11-27-21-17-19(29-2)6-7-20(21)25-18-22(27)28/h3,5-7,15,17-18H,4,8-14,16H2,1-2H3. The van der Waals surface area contributed by atoms with Gasteiger partial charge in [-0.15, -0.1) is 23.1 Å². The number of methoxy groups -OCH3 is 1. The van der Waals surface area contributed by atoms with Gasteiger partial charge in [-0.3, -0.25) is 4.79 Å². The lowest BCUT2D eigenvalue weighted by Crippen LogP contribution is -2.39. The SMILES string of the molecule is COc1ccc2ncc(=O)n(CCCC3(C)CCN(CCSc4cccs4)CC3)c2c1. The normalized spacial score (nSPS) is 16.6. The van der Waals surface area contributed by atoms with E-state index in [1.807, 2.05) is 45.9 Å². The Morgan fingerprint density at radius 2 is 2.06 bits per heavy atom. The smallest absolute Gasteiger partial charge is 0.269 e. The maximum absolute atomic E-state index is 12.5. The Bertz CT molecular complexity index is 1040. The highest BCUT2D eigenvalue weighted by Gasteiger charge is 2.29. The number of thiophene rings is 1. The first kappa shape index (κ1) is 22.4. The maximum atomic E-state index is 12.5. The summed E-state index contributed by atoms with van der Waals surface area (Å²) in [5.41, 5.74) is 2.01. The van der Waals surface area contributed by atoms with Crippen molar-refractivity contribution in [2.45, 2.75) is 43.4 Å². The van der Waals surface area contributed by atoms with Crippen LogP contribution in [-0.2, 0) is 6.54 Å². The van der Waals surface area contributed by atoms with E-state index in [1.54, 1.807) is 7.11 Å². The summed E-state index contributed by atoms with van der Waals surface area (Å²) in [5, 5.41) is 2.15. The largest absolute Gasteiger partial charge is 0.497 e.